The van der Waals surface area contributed by atoms with Crippen LogP contribution in [-0.4, -0.2) is 16.5 Å². The second kappa shape index (κ2) is 5.62. The van der Waals surface area contributed by atoms with Gasteiger partial charge >= 0.3 is 6.03 Å². The van der Waals surface area contributed by atoms with E-state index in [0.717, 1.165) is 37.0 Å². The fraction of sp³-hybridized carbons (Fsp3) is 0.588. The zero-order valence-electron chi connectivity index (χ0n) is 13.3. The molecule has 0 atom stereocenters. The van der Waals surface area contributed by atoms with Crippen LogP contribution in [0.25, 0.3) is 0 Å². The van der Waals surface area contributed by atoms with Gasteiger partial charge in [0, 0.05) is 17.3 Å². The number of hydrogen-bond acceptors (Lipinski definition) is 3. The second-order valence-corrected chi connectivity index (χ2v) is 8.11. The molecule has 5 rings (SSSR count). The maximum atomic E-state index is 12.4. The molecule has 128 valence electrons. The lowest BCUT2D eigenvalue weighted by molar-refractivity contribution is -0.384. The number of rotatable bonds is 3. The van der Waals surface area contributed by atoms with Crippen molar-refractivity contribution in [1.29, 1.82) is 0 Å². The van der Waals surface area contributed by atoms with E-state index in [2.05, 4.69) is 10.6 Å². The normalized spacial score (nSPS) is 33.3. The molecular formula is C17H20ClN3O3. The number of carbonyl (C=O) groups is 1. The Morgan fingerprint density at radius 3 is 2.29 bits per heavy atom. The van der Waals surface area contributed by atoms with Crippen molar-refractivity contribution in [3.05, 3.63) is 33.3 Å². The average Bonchev–Trinajstić information content (AvgIpc) is 2.46. The molecular weight excluding hydrogens is 330 g/mol. The third-order valence-electron chi connectivity index (χ3n) is 5.82. The van der Waals surface area contributed by atoms with Crippen LogP contribution in [0.4, 0.5) is 16.2 Å². The minimum atomic E-state index is -0.551. The Labute approximate surface area is 145 Å². The van der Waals surface area contributed by atoms with Crippen LogP contribution in [0.15, 0.2) is 18.2 Å². The van der Waals surface area contributed by atoms with Gasteiger partial charge in [-0.1, -0.05) is 11.6 Å². The third-order valence-corrected chi connectivity index (χ3v) is 6.14. The first-order valence-electron chi connectivity index (χ1n) is 8.45. The Morgan fingerprint density at radius 1 is 1.17 bits per heavy atom. The van der Waals surface area contributed by atoms with Gasteiger partial charge in [0.25, 0.3) is 5.69 Å². The van der Waals surface area contributed by atoms with Crippen LogP contribution in [0.2, 0.25) is 5.02 Å². The summed E-state index contributed by atoms with van der Waals surface area (Å²) in [6.07, 6.45) is 7.12. The van der Waals surface area contributed by atoms with Gasteiger partial charge in [-0.2, -0.15) is 0 Å². The summed E-state index contributed by atoms with van der Waals surface area (Å²) >= 11 is 5.80. The van der Waals surface area contributed by atoms with E-state index >= 15 is 0 Å². The first-order valence-corrected chi connectivity index (χ1v) is 8.83. The summed E-state index contributed by atoms with van der Waals surface area (Å²) in [6.45, 7) is 0. The van der Waals surface area contributed by atoms with E-state index in [1.807, 2.05) is 0 Å². The van der Waals surface area contributed by atoms with Crippen LogP contribution >= 0.6 is 11.6 Å². The summed E-state index contributed by atoms with van der Waals surface area (Å²) in [5, 5.41) is 16.9. The molecule has 4 fully saturated rings. The van der Waals surface area contributed by atoms with Gasteiger partial charge in [0.1, 0.15) is 5.02 Å². The molecule has 0 radical (unpaired) electrons. The Hall–Kier alpha value is -1.82. The minimum Gasteiger partial charge on any atom is -0.332 e. The molecule has 4 aliphatic carbocycles. The van der Waals surface area contributed by atoms with Crippen molar-refractivity contribution in [2.24, 2.45) is 17.8 Å². The largest absolute Gasteiger partial charge is 0.332 e. The number of hydrogen-bond donors (Lipinski definition) is 2. The average molecular weight is 350 g/mol. The van der Waals surface area contributed by atoms with Gasteiger partial charge in [-0.05, 0) is 68.4 Å². The van der Waals surface area contributed by atoms with Crippen LogP contribution < -0.4 is 10.6 Å². The molecule has 7 heteroatoms. The van der Waals surface area contributed by atoms with E-state index in [4.69, 9.17) is 11.6 Å². The van der Waals surface area contributed by atoms with E-state index in [-0.39, 0.29) is 22.3 Å². The molecule has 4 saturated carbocycles. The zero-order valence-corrected chi connectivity index (χ0v) is 14.0. The van der Waals surface area contributed by atoms with Crippen LogP contribution in [0.3, 0.4) is 0 Å². The number of carbonyl (C=O) groups excluding carboxylic acids is 1. The van der Waals surface area contributed by atoms with Gasteiger partial charge in [0.15, 0.2) is 0 Å². The van der Waals surface area contributed by atoms with Gasteiger partial charge in [-0.3, -0.25) is 10.1 Å². The highest BCUT2D eigenvalue weighted by Gasteiger charge is 2.51. The Bertz CT molecular complexity index is 671. The number of nitro groups is 1. The number of nitrogens with one attached hydrogen (secondary N) is 2. The lowest BCUT2D eigenvalue weighted by atomic mass is 9.53. The van der Waals surface area contributed by atoms with Crippen molar-refractivity contribution in [1.82, 2.24) is 5.32 Å². The molecule has 4 aliphatic rings. The number of halogens is 1. The van der Waals surface area contributed by atoms with E-state index < -0.39 is 4.92 Å². The summed E-state index contributed by atoms with van der Waals surface area (Å²) in [5.74, 6) is 2.23. The summed E-state index contributed by atoms with van der Waals surface area (Å²) in [4.78, 5) is 22.8. The smallest absolute Gasteiger partial charge is 0.319 e. The quantitative estimate of drug-likeness (QED) is 0.628. The molecule has 0 spiro atoms. The summed E-state index contributed by atoms with van der Waals surface area (Å²) in [7, 11) is 0. The molecule has 0 saturated heterocycles. The maximum absolute atomic E-state index is 12.4. The number of nitro benzene ring substituents is 1. The van der Waals surface area contributed by atoms with Crippen LogP contribution in [-0.2, 0) is 0 Å². The molecule has 1 aromatic carbocycles. The number of amides is 2. The maximum Gasteiger partial charge on any atom is 0.319 e. The van der Waals surface area contributed by atoms with Gasteiger partial charge in [0.05, 0.1) is 4.92 Å². The van der Waals surface area contributed by atoms with Crippen molar-refractivity contribution in [2.75, 3.05) is 5.32 Å². The fourth-order valence-electron chi connectivity index (χ4n) is 5.40. The monoisotopic (exact) mass is 349 g/mol. The van der Waals surface area contributed by atoms with E-state index in [0.29, 0.717) is 5.69 Å². The zero-order chi connectivity index (χ0) is 16.9. The molecule has 0 unspecified atom stereocenters. The Kier molecular flexibility index (Phi) is 3.67. The number of benzene rings is 1. The molecule has 2 N–H and O–H groups in total. The molecule has 4 bridgehead atoms. The summed E-state index contributed by atoms with van der Waals surface area (Å²) in [5.41, 5.74) is 0.0922. The SMILES string of the molecule is O=C(Nc1ccc(Cl)c([N+](=O)[O-])c1)NC12CC3CC(CC(C3)C1)C2. The number of anilines is 1. The van der Waals surface area contributed by atoms with Gasteiger partial charge in [-0.15, -0.1) is 0 Å². The van der Waals surface area contributed by atoms with Gasteiger partial charge in [0.2, 0.25) is 0 Å². The third kappa shape index (κ3) is 2.83. The lowest BCUT2D eigenvalue weighted by Crippen LogP contribution is -2.60. The fourth-order valence-corrected chi connectivity index (χ4v) is 5.58. The van der Waals surface area contributed by atoms with Crippen LogP contribution in [0.5, 0.6) is 0 Å². The second-order valence-electron chi connectivity index (χ2n) is 7.70. The van der Waals surface area contributed by atoms with Gasteiger partial charge in [-0.25, -0.2) is 4.79 Å². The summed E-state index contributed by atoms with van der Waals surface area (Å²) in [6, 6.07) is 4.02. The van der Waals surface area contributed by atoms with Gasteiger partial charge < -0.3 is 10.6 Å². The molecule has 0 aliphatic heterocycles. The first-order chi connectivity index (χ1) is 11.4. The first kappa shape index (κ1) is 15.7. The van der Waals surface area contributed by atoms with E-state index in [1.165, 1.54) is 31.4 Å². The highest BCUT2D eigenvalue weighted by Crippen LogP contribution is 2.55. The molecule has 24 heavy (non-hydrogen) atoms. The van der Waals surface area contributed by atoms with Crippen molar-refractivity contribution in [3.8, 4) is 0 Å². The molecule has 2 amide bonds. The van der Waals surface area contributed by atoms with E-state index in [9.17, 15) is 14.9 Å². The van der Waals surface area contributed by atoms with Crippen molar-refractivity contribution >= 4 is 29.0 Å². The molecule has 0 heterocycles. The highest BCUT2D eigenvalue weighted by atomic mass is 35.5. The molecule has 6 nitrogen and oxygen atoms in total. The summed E-state index contributed by atoms with van der Waals surface area (Å²) < 4.78 is 0. The minimum absolute atomic E-state index is 0.0621. The molecule has 0 aromatic heterocycles. The van der Waals surface area contributed by atoms with Crippen molar-refractivity contribution < 1.29 is 9.72 Å². The van der Waals surface area contributed by atoms with Crippen LogP contribution in [0.1, 0.15) is 38.5 Å². The lowest BCUT2D eigenvalue weighted by Gasteiger charge is -2.56. The standard InChI is InChI=1S/C17H20ClN3O3/c18-14-2-1-13(6-15(14)21(23)24)19-16(22)20-17-7-10-3-11(8-17)5-12(4-10)9-17/h1-2,6,10-12H,3-5,7-9H2,(H2,19,20,22). The Morgan fingerprint density at radius 2 is 1.75 bits per heavy atom. The predicted octanol–water partition coefficient (Wildman–Crippen LogP) is 4.34. The Balaban J connectivity index is 1.46. The topological polar surface area (TPSA) is 84.3 Å². The van der Waals surface area contributed by atoms with Crippen molar-refractivity contribution in [2.45, 2.75) is 44.1 Å². The van der Waals surface area contributed by atoms with Crippen LogP contribution in [0, 0.1) is 27.9 Å². The predicted molar refractivity (Wildman–Crippen MR) is 91.2 cm³/mol. The van der Waals surface area contributed by atoms with Crippen molar-refractivity contribution in [3.63, 3.8) is 0 Å². The highest BCUT2D eigenvalue weighted by molar-refractivity contribution is 6.32. The number of nitrogens with zero attached hydrogens (tertiary/aromatic N) is 1. The molecule has 1 aromatic rings. The number of urea groups is 1. The van der Waals surface area contributed by atoms with E-state index in [1.54, 1.807) is 6.07 Å².